The van der Waals surface area contributed by atoms with Crippen molar-refractivity contribution in [2.24, 2.45) is 0 Å². The Hall–Kier alpha value is -2.44. The largest absolute Gasteiger partial charge is 0.493 e. The van der Waals surface area contributed by atoms with Crippen LogP contribution in [-0.4, -0.2) is 37.9 Å². The molecule has 0 atom stereocenters. The maximum Gasteiger partial charge on any atom is 0.331 e. The van der Waals surface area contributed by atoms with Crippen molar-refractivity contribution in [3.8, 4) is 5.75 Å². The van der Waals surface area contributed by atoms with Crippen molar-refractivity contribution >= 4 is 5.97 Å². The molecule has 0 radical (unpaired) electrons. The van der Waals surface area contributed by atoms with Crippen LogP contribution in [0.1, 0.15) is 25.2 Å². The van der Waals surface area contributed by atoms with Crippen LogP contribution in [0, 0.1) is 6.92 Å². The molecule has 0 saturated carbocycles. The van der Waals surface area contributed by atoms with Crippen molar-refractivity contribution in [3.63, 3.8) is 0 Å². The number of carboxylic acids is 1. The highest BCUT2D eigenvalue weighted by Gasteiger charge is 2.33. The molecule has 21 heavy (non-hydrogen) atoms. The van der Waals surface area contributed by atoms with Crippen molar-refractivity contribution in [3.05, 3.63) is 35.7 Å². The molecule has 0 aliphatic heterocycles. The van der Waals surface area contributed by atoms with Gasteiger partial charge in [-0.1, -0.05) is 12.1 Å². The third kappa shape index (κ3) is 3.36. The van der Waals surface area contributed by atoms with E-state index in [-0.39, 0.29) is 0 Å². The zero-order valence-corrected chi connectivity index (χ0v) is 12.3. The van der Waals surface area contributed by atoms with Crippen molar-refractivity contribution in [2.45, 2.75) is 32.7 Å². The fourth-order valence-corrected chi connectivity index (χ4v) is 1.85. The molecule has 7 nitrogen and oxygen atoms in total. The van der Waals surface area contributed by atoms with E-state index in [1.54, 1.807) is 13.8 Å². The zero-order valence-electron chi connectivity index (χ0n) is 12.3. The van der Waals surface area contributed by atoms with Gasteiger partial charge in [0.15, 0.2) is 11.4 Å². The summed E-state index contributed by atoms with van der Waals surface area (Å²) in [6.45, 7) is 5.47. The summed E-state index contributed by atoms with van der Waals surface area (Å²) in [4.78, 5) is 11.3. The first-order valence-electron chi connectivity index (χ1n) is 6.62. The van der Waals surface area contributed by atoms with E-state index >= 15 is 0 Å². The van der Waals surface area contributed by atoms with Gasteiger partial charge >= 0.3 is 5.97 Å². The molecule has 0 aliphatic carbocycles. The third-order valence-corrected chi connectivity index (χ3v) is 3.17. The minimum Gasteiger partial charge on any atom is -0.493 e. The van der Waals surface area contributed by atoms with Crippen LogP contribution in [0.5, 0.6) is 5.75 Å². The summed E-state index contributed by atoms with van der Waals surface area (Å²) in [6, 6.07) is 7.71. The van der Waals surface area contributed by atoms with E-state index in [4.69, 9.17) is 4.74 Å². The Morgan fingerprint density at radius 3 is 2.86 bits per heavy atom. The van der Waals surface area contributed by atoms with Crippen LogP contribution in [0.25, 0.3) is 0 Å². The molecule has 2 aromatic rings. The fourth-order valence-electron chi connectivity index (χ4n) is 1.85. The van der Waals surface area contributed by atoms with E-state index in [0.29, 0.717) is 18.9 Å². The Bertz CT molecular complexity index is 637. The van der Waals surface area contributed by atoms with Crippen LogP contribution in [0.15, 0.2) is 24.3 Å². The lowest BCUT2D eigenvalue weighted by atomic mass is 10.1. The molecule has 1 aromatic heterocycles. The molecule has 1 heterocycles. The first-order valence-corrected chi connectivity index (χ1v) is 6.62. The molecule has 7 heteroatoms. The number of aromatic nitrogens is 4. The van der Waals surface area contributed by atoms with Gasteiger partial charge in [0.05, 0.1) is 6.61 Å². The molecule has 0 amide bonds. The number of aryl methyl sites for hydroxylation is 1. The van der Waals surface area contributed by atoms with Crippen molar-refractivity contribution in [1.29, 1.82) is 0 Å². The number of hydrogen-bond donors (Lipinski definition) is 1. The second-order valence-corrected chi connectivity index (χ2v) is 5.29. The van der Waals surface area contributed by atoms with Crippen LogP contribution in [-0.2, 0) is 16.8 Å². The fraction of sp³-hybridized carbons (Fsp3) is 0.429. The summed E-state index contributed by atoms with van der Waals surface area (Å²) >= 11 is 0. The van der Waals surface area contributed by atoms with E-state index in [9.17, 15) is 9.90 Å². The summed E-state index contributed by atoms with van der Waals surface area (Å²) in [6.07, 6.45) is 0.428. The van der Waals surface area contributed by atoms with Crippen molar-refractivity contribution < 1.29 is 14.6 Å². The molecule has 1 aromatic carbocycles. The standard InChI is InChI=1S/C14H18N4O3/c1-10-5-4-6-11(9-10)21-8-7-12-15-16-17-18(12)14(2,3)13(19)20/h4-6,9H,7-8H2,1-3H3,(H,19,20). The SMILES string of the molecule is Cc1cccc(OCCc2nnnn2C(C)(C)C(=O)O)c1. The summed E-state index contributed by atoms with van der Waals surface area (Å²) in [5.41, 5.74) is -0.0772. The van der Waals surface area contributed by atoms with Gasteiger partial charge in [-0.2, -0.15) is 0 Å². The number of carboxylic acid groups (broad SMARTS) is 1. The van der Waals surface area contributed by atoms with Crippen LogP contribution >= 0.6 is 0 Å². The molecule has 0 bridgehead atoms. The minimum absolute atomic E-state index is 0.375. The molecule has 0 spiro atoms. The van der Waals surface area contributed by atoms with E-state index in [1.807, 2.05) is 31.2 Å². The summed E-state index contributed by atoms with van der Waals surface area (Å²) in [5, 5.41) is 20.4. The van der Waals surface area contributed by atoms with Crippen LogP contribution in [0.3, 0.4) is 0 Å². The number of tetrazole rings is 1. The number of rotatable bonds is 6. The number of carbonyl (C=O) groups is 1. The van der Waals surface area contributed by atoms with Gasteiger partial charge in [0.25, 0.3) is 0 Å². The van der Waals surface area contributed by atoms with Crippen LogP contribution in [0.4, 0.5) is 0 Å². The first kappa shape index (κ1) is 15.0. The van der Waals surface area contributed by atoms with Crippen LogP contribution < -0.4 is 4.74 Å². The van der Waals surface area contributed by atoms with Gasteiger partial charge < -0.3 is 9.84 Å². The maximum atomic E-state index is 11.3. The van der Waals surface area contributed by atoms with Gasteiger partial charge in [0, 0.05) is 6.42 Å². The molecule has 1 N–H and O–H groups in total. The second-order valence-electron chi connectivity index (χ2n) is 5.29. The van der Waals surface area contributed by atoms with E-state index < -0.39 is 11.5 Å². The average Bonchev–Trinajstić information content (AvgIpc) is 2.87. The van der Waals surface area contributed by atoms with Gasteiger partial charge in [-0.25, -0.2) is 9.48 Å². The van der Waals surface area contributed by atoms with E-state index in [1.165, 1.54) is 4.68 Å². The summed E-state index contributed by atoms with van der Waals surface area (Å²) in [7, 11) is 0. The summed E-state index contributed by atoms with van der Waals surface area (Å²) in [5.74, 6) is 0.261. The molecule has 0 unspecified atom stereocenters. The van der Waals surface area contributed by atoms with Gasteiger partial charge in [0.2, 0.25) is 0 Å². The summed E-state index contributed by atoms with van der Waals surface area (Å²) < 4.78 is 6.95. The van der Waals surface area contributed by atoms with Gasteiger partial charge in [-0.3, -0.25) is 0 Å². The third-order valence-electron chi connectivity index (χ3n) is 3.17. The number of aliphatic carboxylic acids is 1. The van der Waals surface area contributed by atoms with E-state index in [0.717, 1.165) is 11.3 Å². The maximum absolute atomic E-state index is 11.3. The van der Waals surface area contributed by atoms with Gasteiger partial charge in [-0.05, 0) is 48.9 Å². The topological polar surface area (TPSA) is 90.1 Å². The highest BCUT2D eigenvalue weighted by Crippen LogP contribution is 2.16. The average molecular weight is 290 g/mol. The highest BCUT2D eigenvalue weighted by molar-refractivity contribution is 5.75. The van der Waals surface area contributed by atoms with E-state index in [2.05, 4.69) is 15.5 Å². The Balaban J connectivity index is 2.02. The van der Waals surface area contributed by atoms with Crippen LogP contribution in [0.2, 0.25) is 0 Å². The monoisotopic (exact) mass is 290 g/mol. The van der Waals surface area contributed by atoms with Gasteiger partial charge in [0.1, 0.15) is 5.75 Å². The lowest BCUT2D eigenvalue weighted by molar-refractivity contribution is -0.146. The Kier molecular flexibility index (Phi) is 4.21. The number of hydrogen-bond acceptors (Lipinski definition) is 5. The molecule has 112 valence electrons. The molecule has 2 rings (SSSR count). The quantitative estimate of drug-likeness (QED) is 0.865. The lowest BCUT2D eigenvalue weighted by Gasteiger charge is -2.20. The minimum atomic E-state index is -1.19. The molecular formula is C14H18N4O3. The molecular weight excluding hydrogens is 272 g/mol. The lowest BCUT2D eigenvalue weighted by Crippen LogP contribution is -2.38. The Labute approximate surface area is 122 Å². The normalized spacial score (nSPS) is 11.4. The zero-order chi connectivity index (χ0) is 15.5. The van der Waals surface area contributed by atoms with Gasteiger partial charge in [-0.15, -0.1) is 5.10 Å². The second kappa shape index (κ2) is 5.90. The number of nitrogens with zero attached hydrogens (tertiary/aromatic N) is 4. The molecule has 0 aliphatic rings. The van der Waals surface area contributed by atoms with Crippen molar-refractivity contribution in [1.82, 2.24) is 20.2 Å². The predicted octanol–water partition coefficient (Wildman–Crippen LogP) is 1.42. The smallest absolute Gasteiger partial charge is 0.331 e. The first-order chi connectivity index (χ1) is 9.91. The number of benzene rings is 1. The highest BCUT2D eigenvalue weighted by atomic mass is 16.5. The molecule has 0 saturated heterocycles. The Morgan fingerprint density at radius 1 is 1.43 bits per heavy atom. The Morgan fingerprint density at radius 2 is 2.19 bits per heavy atom. The predicted molar refractivity (Wildman–Crippen MR) is 75.2 cm³/mol. The van der Waals surface area contributed by atoms with Crippen molar-refractivity contribution in [2.75, 3.05) is 6.61 Å². The number of ether oxygens (including phenoxy) is 1. The molecule has 0 fully saturated rings.